The maximum Gasteiger partial charge on any atom is 0.0702 e. The van der Waals surface area contributed by atoms with Gasteiger partial charge in [0, 0.05) is 11.8 Å². The van der Waals surface area contributed by atoms with Crippen molar-refractivity contribution in [1.82, 2.24) is 4.98 Å². The first-order valence-electron chi connectivity index (χ1n) is 13.8. The molecule has 0 radical (unpaired) electrons. The number of hydrogen-bond acceptors (Lipinski definition) is 1. The first-order chi connectivity index (χ1) is 15.8. The van der Waals surface area contributed by atoms with Crippen molar-refractivity contribution in [2.75, 3.05) is 0 Å². The summed E-state index contributed by atoms with van der Waals surface area (Å²) in [4.78, 5) is 4.72. The van der Waals surface area contributed by atoms with Gasteiger partial charge in [0.1, 0.15) is 0 Å². The molecule has 0 N–H and O–H groups in total. The Morgan fingerprint density at radius 1 is 0.625 bits per heavy atom. The predicted octanol–water partition coefficient (Wildman–Crippen LogP) is 9.58. The van der Waals surface area contributed by atoms with Crippen LogP contribution < -0.4 is 0 Å². The van der Waals surface area contributed by atoms with Crippen LogP contribution in [0.5, 0.6) is 0 Å². The number of unbranched alkanes of at least 4 members (excludes halogenated alkanes) is 6. The third kappa shape index (κ3) is 8.72. The zero-order valence-electron chi connectivity index (χ0n) is 21.0. The van der Waals surface area contributed by atoms with Gasteiger partial charge in [0.25, 0.3) is 0 Å². The first kappa shape index (κ1) is 25.0. The van der Waals surface area contributed by atoms with Gasteiger partial charge >= 0.3 is 0 Å². The Kier molecular flexibility index (Phi) is 11.3. The van der Waals surface area contributed by atoms with Gasteiger partial charge in [0.15, 0.2) is 0 Å². The first-order valence-corrected chi connectivity index (χ1v) is 13.8. The molecule has 1 heterocycles. The minimum atomic E-state index is 0.952. The lowest BCUT2D eigenvalue weighted by molar-refractivity contribution is 0.248. The van der Waals surface area contributed by atoms with E-state index in [1.54, 1.807) is 0 Å². The van der Waals surface area contributed by atoms with Gasteiger partial charge in [-0.2, -0.15) is 0 Å². The zero-order chi connectivity index (χ0) is 22.4. The zero-order valence-corrected chi connectivity index (χ0v) is 21.0. The van der Waals surface area contributed by atoms with Crippen molar-refractivity contribution in [1.29, 1.82) is 0 Å². The number of rotatable bonds is 14. The summed E-state index contributed by atoms with van der Waals surface area (Å²) >= 11 is 0. The molecule has 0 bridgehead atoms. The highest BCUT2D eigenvalue weighted by molar-refractivity contribution is 5.59. The largest absolute Gasteiger partial charge is 0.256 e. The van der Waals surface area contributed by atoms with E-state index in [1.807, 2.05) is 0 Å². The van der Waals surface area contributed by atoms with Crippen molar-refractivity contribution in [2.45, 2.75) is 117 Å². The van der Waals surface area contributed by atoms with E-state index < -0.39 is 0 Å². The van der Waals surface area contributed by atoms with E-state index in [4.69, 9.17) is 4.98 Å². The van der Waals surface area contributed by atoms with Gasteiger partial charge in [-0.15, -0.1) is 0 Å². The molecule has 0 unspecified atom stereocenters. The Hall–Kier alpha value is -1.63. The quantitative estimate of drug-likeness (QED) is 0.270. The Labute approximate surface area is 198 Å². The highest BCUT2D eigenvalue weighted by Crippen LogP contribution is 2.34. The molecule has 1 nitrogen and oxygen atoms in total. The second kappa shape index (κ2) is 14.5. The van der Waals surface area contributed by atoms with Gasteiger partial charge in [0.2, 0.25) is 0 Å². The minimum Gasteiger partial charge on any atom is -0.256 e. The maximum atomic E-state index is 4.72. The van der Waals surface area contributed by atoms with Crippen molar-refractivity contribution in [3.8, 4) is 11.3 Å². The van der Waals surface area contributed by atoms with Crippen LogP contribution in [0.1, 0.15) is 115 Å². The highest BCUT2D eigenvalue weighted by Gasteiger charge is 2.20. The summed E-state index contributed by atoms with van der Waals surface area (Å²) in [5.41, 5.74) is 5.20. The molecule has 1 aromatic carbocycles. The van der Waals surface area contributed by atoms with Crippen molar-refractivity contribution < 1.29 is 0 Å². The van der Waals surface area contributed by atoms with Gasteiger partial charge in [-0.25, -0.2) is 0 Å². The van der Waals surface area contributed by atoms with E-state index in [-0.39, 0.29) is 0 Å². The topological polar surface area (TPSA) is 12.9 Å². The van der Waals surface area contributed by atoms with Crippen LogP contribution in [0.2, 0.25) is 0 Å². The SMILES string of the molecule is CCCCCCC[C@H]1CC[C@H](CCc2ccc(-c3ccc(CCCCC)cn3)cc2)CC1. The average Bonchev–Trinajstić information content (AvgIpc) is 2.84. The van der Waals surface area contributed by atoms with Crippen molar-refractivity contribution in [2.24, 2.45) is 11.8 Å². The molecule has 1 aliphatic carbocycles. The molecule has 176 valence electrons. The normalized spacial score (nSPS) is 18.7. The van der Waals surface area contributed by atoms with Crippen LogP contribution in [-0.4, -0.2) is 4.98 Å². The lowest BCUT2D eigenvalue weighted by Crippen LogP contribution is -2.15. The van der Waals surface area contributed by atoms with E-state index in [9.17, 15) is 0 Å². The molecule has 0 saturated heterocycles. The summed E-state index contributed by atoms with van der Waals surface area (Å²) in [5.74, 6) is 1.98. The second-order valence-electron chi connectivity index (χ2n) is 10.3. The summed E-state index contributed by atoms with van der Waals surface area (Å²) < 4.78 is 0. The summed E-state index contributed by atoms with van der Waals surface area (Å²) in [5, 5.41) is 0. The van der Waals surface area contributed by atoms with Gasteiger partial charge < -0.3 is 0 Å². The Morgan fingerprint density at radius 2 is 1.25 bits per heavy atom. The molecule has 32 heavy (non-hydrogen) atoms. The Morgan fingerprint density at radius 3 is 1.91 bits per heavy atom. The van der Waals surface area contributed by atoms with E-state index in [2.05, 4.69) is 56.4 Å². The van der Waals surface area contributed by atoms with Crippen LogP contribution in [-0.2, 0) is 12.8 Å². The molecule has 1 aliphatic rings. The fourth-order valence-corrected chi connectivity index (χ4v) is 5.38. The maximum absolute atomic E-state index is 4.72. The second-order valence-corrected chi connectivity index (χ2v) is 10.3. The standard InChI is InChI=1S/C31H47N/c1-3-5-7-8-10-11-26-13-15-27(16-14-26)17-18-28-19-22-30(23-20-28)31-24-21-29(25-32-31)12-9-6-4-2/h19-27H,3-18H2,1-2H3/t26-,27-. The van der Waals surface area contributed by atoms with Crippen LogP contribution in [0, 0.1) is 11.8 Å². The highest BCUT2D eigenvalue weighted by atomic mass is 14.7. The van der Waals surface area contributed by atoms with Crippen molar-refractivity contribution >= 4 is 0 Å². The fraction of sp³-hybridized carbons (Fsp3) is 0.645. The molecule has 0 aliphatic heterocycles. The van der Waals surface area contributed by atoms with Crippen molar-refractivity contribution in [3.63, 3.8) is 0 Å². The summed E-state index contributed by atoms with van der Waals surface area (Å²) in [6, 6.07) is 13.6. The number of hydrogen-bond donors (Lipinski definition) is 0. The number of aryl methyl sites for hydroxylation is 2. The molecule has 1 aromatic heterocycles. The van der Waals surface area contributed by atoms with Crippen LogP contribution in [0.4, 0.5) is 0 Å². The third-order valence-electron chi connectivity index (χ3n) is 7.67. The number of nitrogens with zero attached hydrogens (tertiary/aromatic N) is 1. The smallest absolute Gasteiger partial charge is 0.0702 e. The molecule has 1 fully saturated rings. The van der Waals surface area contributed by atoms with Gasteiger partial charge in [-0.3, -0.25) is 4.98 Å². The lowest BCUT2D eigenvalue weighted by Gasteiger charge is -2.28. The van der Waals surface area contributed by atoms with Gasteiger partial charge in [-0.05, 0) is 54.7 Å². The molecule has 3 rings (SSSR count). The molecular weight excluding hydrogens is 386 g/mol. The van der Waals surface area contributed by atoms with Crippen LogP contribution in [0.15, 0.2) is 42.6 Å². The van der Waals surface area contributed by atoms with Crippen LogP contribution in [0.25, 0.3) is 11.3 Å². The number of aromatic nitrogens is 1. The summed E-state index contributed by atoms with van der Waals surface area (Å²) in [6.45, 7) is 4.56. The van der Waals surface area contributed by atoms with Crippen LogP contribution >= 0.6 is 0 Å². The number of benzene rings is 1. The van der Waals surface area contributed by atoms with E-state index in [1.165, 1.54) is 113 Å². The lowest BCUT2D eigenvalue weighted by atomic mass is 9.77. The molecule has 1 heteroatoms. The fourth-order valence-electron chi connectivity index (χ4n) is 5.38. The molecule has 0 spiro atoms. The average molecular weight is 434 g/mol. The predicted molar refractivity (Wildman–Crippen MR) is 140 cm³/mol. The Balaban J connectivity index is 1.35. The van der Waals surface area contributed by atoms with E-state index >= 15 is 0 Å². The molecule has 0 amide bonds. The van der Waals surface area contributed by atoms with Gasteiger partial charge in [0.05, 0.1) is 5.69 Å². The van der Waals surface area contributed by atoms with E-state index in [0.29, 0.717) is 0 Å². The number of pyridine rings is 1. The minimum absolute atomic E-state index is 0.952. The molecule has 1 saturated carbocycles. The summed E-state index contributed by atoms with van der Waals surface area (Å²) in [6.07, 6.45) is 24.2. The van der Waals surface area contributed by atoms with E-state index in [0.717, 1.165) is 24.0 Å². The molecule has 2 aromatic rings. The monoisotopic (exact) mass is 433 g/mol. The third-order valence-corrected chi connectivity index (χ3v) is 7.67. The summed E-state index contributed by atoms with van der Waals surface area (Å²) in [7, 11) is 0. The van der Waals surface area contributed by atoms with Crippen molar-refractivity contribution in [3.05, 3.63) is 53.7 Å². The molecular formula is C31H47N. The Bertz CT molecular complexity index is 722. The molecule has 0 atom stereocenters. The van der Waals surface area contributed by atoms with Gasteiger partial charge in [-0.1, -0.05) is 121 Å². The van der Waals surface area contributed by atoms with Crippen LogP contribution in [0.3, 0.4) is 0 Å².